The van der Waals surface area contributed by atoms with Crippen LogP contribution < -0.4 is 9.80 Å². The molecule has 0 bridgehead atoms. The van der Waals surface area contributed by atoms with Crippen LogP contribution in [-0.4, -0.2) is 38.8 Å². The molecule has 1 aliphatic carbocycles. The molecule has 27 heavy (non-hydrogen) atoms. The predicted octanol–water partition coefficient (Wildman–Crippen LogP) is 2.13. The minimum Gasteiger partial charge on any atom is -0.326 e. The lowest BCUT2D eigenvalue weighted by atomic mass is 9.81. The molecule has 2 aromatic carbocycles. The first-order valence-electron chi connectivity index (χ1n) is 11.2. The monoisotopic (exact) mass is 364 g/mol. The van der Waals surface area contributed by atoms with E-state index in [-0.39, 0.29) is 0 Å². The number of rotatable bonds is 6. The zero-order chi connectivity index (χ0) is 18.3. The lowest BCUT2D eigenvalue weighted by Gasteiger charge is -2.38. The lowest BCUT2D eigenvalue weighted by molar-refractivity contribution is -1.02. The summed E-state index contributed by atoms with van der Waals surface area (Å²) in [5.74, 6) is 0.812. The van der Waals surface area contributed by atoms with Crippen LogP contribution in [0.4, 0.5) is 0 Å². The van der Waals surface area contributed by atoms with Gasteiger partial charge in [0.25, 0.3) is 0 Å². The quantitative estimate of drug-likeness (QED) is 0.777. The zero-order valence-electron chi connectivity index (χ0n) is 16.7. The molecule has 0 aromatic heterocycles. The van der Waals surface area contributed by atoms with Crippen LogP contribution in [0.5, 0.6) is 0 Å². The molecule has 144 valence electrons. The first-order chi connectivity index (χ1) is 13.4. The van der Waals surface area contributed by atoms with E-state index < -0.39 is 0 Å². The van der Waals surface area contributed by atoms with Gasteiger partial charge in [0, 0.05) is 6.42 Å². The second-order valence-corrected chi connectivity index (χ2v) is 8.71. The van der Waals surface area contributed by atoms with E-state index in [1.807, 2.05) is 9.80 Å². The molecule has 1 aliphatic heterocycles. The van der Waals surface area contributed by atoms with Gasteiger partial charge in [0.15, 0.2) is 0 Å². The molecule has 2 aromatic rings. The Labute approximate surface area is 165 Å². The van der Waals surface area contributed by atoms with Gasteiger partial charge in [0.2, 0.25) is 0 Å². The van der Waals surface area contributed by atoms with Crippen molar-refractivity contribution in [2.24, 2.45) is 0 Å². The number of aryl methyl sites for hydroxylation is 1. The molecule has 2 fully saturated rings. The van der Waals surface area contributed by atoms with Gasteiger partial charge in [-0.25, -0.2) is 0 Å². The van der Waals surface area contributed by atoms with Crippen LogP contribution in [0.25, 0.3) is 0 Å². The summed E-state index contributed by atoms with van der Waals surface area (Å²) in [5.41, 5.74) is 3.06. The van der Waals surface area contributed by atoms with Crippen molar-refractivity contribution in [3.63, 3.8) is 0 Å². The topological polar surface area (TPSA) is 8.88 Å². The van der Waals surface area contributed by atoms with E-state index in [1.165, 1.54) is 76.8 Å². The summed E-state index contributed by atoms with van der Waals surface area (Å²) >= 11 is 0. The number of hydrogen-bond donors (Lipinski definition) is 2. The van der Waals surface area contributed by atoms with E-state index in [0.29, 0.717) is 0 Å². The third-order valence-corrected chi connectivity index (χ3v) is 7.01. The first-order valence-corrected chi connectivity index (χ1v) is 11.2. The molecule has 2 N–H and O–H groups in total. The highest BCUT2D eigenvalue weighted by atomic mass is 15.3. The molecule has 0 radical (unpaired) electrons. The number of nitrogens with one attached hydrogen (secondary N) is 2. The molecule has 2 heteroatoms. The second-order valence-electron chi connectivity index (χ2n) is 8.71. The Morgan fingerprint density at radius 2 is 1.33 bits per heavy atom. The molecule has 0 spiro atoms. The second kappa shape index (κ2) is 9.52. The Hall–Kier alpha value is -1.64. The molecule has 1 saturated carbocycles. The van der Waals surface area contributed by atoms with Crippen LogP contribution in [0.15, 0.2) is 60.7 Å². The van der Waals surface area contributed by atoms with Crippen molar-refractivity contribution in [2.45, 2.75) is 50.5 Å². The molecule has 2 nitrogen and oxygen atoms in total. The Bertz CT molecular complexity index is 653. The van der Waals surface area contributed by atoms with Gasteiger partial charge in [-0.15, -0.1) is 0 Å². The van der Waals surface area contributed by atoms with Gasteiger partial charge >= 0.3 is 0 Å². The fourth-order valence-electron chi connectivity index (χ4n) is 5.33. The van der Waals surface area contributed by atoms with Crippen molar-refractivity contribution in [3.8, 4) is 0 Å². The Morgan fingerprint density at radius 3 is 2.00 bits per heavy atom. The number of benzene rings is 2. The maximum atomic E-state index is 2.33. The van der Waals surface area contributed by atoms with E-state index in [2.05, 4.69) is 60.7 Å². The normalized spacial score (nSPS) is 28.7. The van der Waals surface area contributed by atoms with Crippen molar-refractivity contribution in [2.75, 3.05) is 32.7 Å². The highest BCUT2D eigenvalue weighted by Gasteiger charge is 2.32. The van der Waals surface area contributed by atoms with Gasteiger partial charge in [-0.3, -0.25) is 0 Å². The van der Waals surface area contributed by atoms with Crippen molar-refractivity contribution >= 4 is 0 Å². The molecule has 1 saturated heterocycles. The number of quaternary nitrogens is 2. The first kappa shape index (κ1) is 18.7. The maximum absolute atomic E-state index is 2.33. The van der Waals surface area contributed by atoms with Crippen LogP contribution >= 0.6 is 0 Å². The minimum atomic E-state index is 0.812. The number of piperazine rings is 1. The van der Waals surface area contributed by atoms with Crippen molar-refractivity contribution in [1.82, 2.24) is 0 Å². The van der Waals surface area contributed by atoms with Gasteiger partial charge in [0.1, 0.15) is 26.2 Å². The Morgan fingerprint density at radius 1 is 0.704 bits per heavy atom. The van der Waals surface area contributed by atoms with E-state index >= 15 is 0 Å². The van der Waals surface area contributed by atoms with Crippen LogP contribution in [0.3, 0.4) is 0 Å². The summed E-state index contributed by atoms with van der Waals surface area (Å²) in [4.78, 5) is 3.75. The van der Waals surface area contributed by atoms with E-state index in [0.717, 1.165) is 12.0 Å². The fourth-order valence-corrected chi connectivity index (χ4v) is 5.33. The van der Waals surface area contributed by atoms with Crippen LogP contribution in [-0.2, 0) is 6.42 Å². The van der Waals surface area contributed by atoms with Gasteiger partial charge in [0.05, 0.1) is 12.6 Å². The summed E-state index contributed by atoms with van der Waals surface area (Å²) in [5, 5.41) is 0. The lowest BCUT2D eigenvalue weighted by Crippen LogP contribution is -3.29. The van der Waals surface area contributed by atoms with Gasteiger partial charge < -0.3 is 9.80 Å². The molecule has 2 aliphatic rings. The van der Waals surface area contributed by atoms with E-state index in [1.54, 1.807) is 5.56 Å². The Kier molecular flexibility index (Phi) is 6.60. The smallest absolute Gasteiger partial charge is 0.127 e. The van der Waals surface area contributed by atoms with Crippen molar-refractivity contribution < 1.29 is 9.80 Å². The van der Waals surface area contributed by atoms with E-state index in [4.69, 9.17) is 0 Å². The van der Waals surface area contributed by atoms with Crippen LogP contribution in [0.1, 0.15) is 49.1 Å². The average Bonchev–Trinajstić information content (AvgIpc) is 2.76. The van der Waals surface area contributed by atoms with Gasteiger partial charge in [-0.05, 0) is 49.1 Å². The predicted molar refractivity (Wildman–Crippen MR) is 112 cm³/mol. The molecule has 1 heterocycles. The summed E-state index contributed by atoms with van der Waals surface area (Å²) < 4.78 is 0. The van der Waals surface area contributed by atoms with Gasteiger partial charge in [-0.2, -0.15) is 0 Å². The van der Waals surface area contributed by atoms with Crippen molar-refractivity contribution in [3.05, 3.63) is 71.8 Å². The summed E-state index contributed by atoms with van der Waals surface area (Å²) in [7, 11) is 0. The SMILES string of the molecule is c1ccc(CCC[NH+]2CC[NH+](C3CCC(c4ccccc4)CC3)CC2)cc1. The summed E-state index contributed by atoms with van der Waals surface area (Å²) in [6.07, 6.45) is 8.22. The highest BCUT2D eigenvalue weighted by molar-refractivity contribution is 5.20. The minimum absolute atomic E-state index is 0.812. The number of hydrogen-bond acceptors (Lipinski definition) is 0. The third-order valence-electron chi connectivity index (χ3n) is 7.01. The third kappa shape index (κ3) is 5.21. The highest BCUT2D eigenvalue weighted by Crippen LogP contribution is 2.31. The molecular formula is C25H36N2+2. The standard InChI is InChI=1S/C25H34N2/c1-3-8-22(9-4-1)10-7-17-26-18-20-27(21-19-26)25-15-13-24(14-16-25)23-11-5-2-6-12-23/h1-6,8-9,11-12,24-25H,7,10,13-21H2/p+2. The van der Waals surface area contributed by atoms with E-state index in [9.17, 15) is 0 Å². The van der Waals surface area contributed by atoms with Crippen LogP contribution in [0.2, 0.25) is 0 Å². The molecular weight excluding hydrogens is 328 g/mol. The van der Waals surface area contributed by atoms with Crippen molar-refractivity contribution in [1.29, 1.82) is 0 Å². The largest absolute Gasteiger partial charge is 0.326 e. The maximum Gasteiger partial charge on any atom is 0.127 e. The molecule has 0 amide bonds. The van der Waals surface area contributed by atoms with Crippen LogP contribution in [0, 0.1) is 0 Å². The fraction of sp³-hybridized carbons (Fsp3) is 0.520. The Balaban J connectivity index is 1.16. The average molecular weight is 365 g/mol. The zero-order valence-corrected chi connectivity index (χ0v) is 16.7. The summed E-state index contributed by atoms with van der Waals surface area (Å²) in [6, 6.07) is 23.1. The van der Waals surface area contributed by atoms with Gasteiger partial charge in [-0.1, -0.05) is 60.7 Å². The molecule has 0 atom stereocenters. The molecule has 4 rings (SSSR count). The summed E-state index contributed by atoms with van der Waals surface area (Å²) in [6.45, 7) is 6.89. The molecule has 0 unspecified atom stereocenters.